The van der Waals surface area contributed by atoms with Crippen LogP contribution in [0, 0.1) is 0 Å². The first-order valence-electron chi connectivity index (χ1n) is 10.2. The van der Waals surface area contributed by atoms with E-state index in [9.17, 15) is 9.90 Å². The molecule has 0 amide bonds. The average molecular weight is 357 g/mol. The van der Waals surface area contributed by atoms with Gasteiger partial charge in [0.2, 0.25) is 0 Å². The monoisotopic (exact) mass is 356 g/mol. The van der Waals surface area contributed by atoms with Crippen molar-refractivity contribution in [2.24, 2.45) is 0 Å². The number of methoxy groups -OCH3 is 1. The van der Waals surface area contributed by atoms with Gasteiger partial charge in [-0.1, -0.05) is 64.0 Å². The van der Waals surface area contributed by atoms with E-state index in [4.69, 9.17) is 9.47 Å². The van der Waals surface area contributed by atoms with Crippen LogP contribution in [0.1, 0.15) is 90.4 Å². The Bertz CT molecular complexity index is 315. The van der Waals surface area contributed by atoms with Crippen LogP contribution in [0.4, 0.5) is 0 Å². The molecule has 25 heavy (non-hydrogen) atoms. The summed E-state index contributed by atoms with van der Waals surface area (Å²) < 4.78 is 9.85. The summed E-state index contributed by atoms with van der Waals surface area (Å²) in [6.45, 7) is 3.03. The summed E-state index contributed by atoms with van der Waals surface area (Å²) in [4.78, 5) is 11.4. The standard InChI is InChI=1S/C21H40O4/c1-3-4-5-12-15-20(22)16-13-10-8-6-7-9-11-14-17-21(23)25-19-18-24-2/h10,13,20,22H,3-9,11-12,14-19H2,1-2H3/b13-10-/t20-/m0/s1. The highest BCUT2D eigenvalue weighted by molar-refractivity contribution is 5.69. The molecule has 4 nitrogen and oxygen atoms in total. The molecule has 0 aromatic carbocycles. The lowest BCUT2D eigenvalue weighted by Crippen LogP contribution is -2.09. The van der Waals surface area contributed by atoms with Crippen LogP contribution in [0.5, 0.6) is 0 Å². The molecular formula is C21H40O4. The number of unbranched alkanes of at least 4 members (excludes halogenated alkanes) is 8. The third-order valence-corrected chi connectivity index (χ3v) is 4.27. The Morgan fingerprint density at radius 1 is 0.960 bits per heavy atom. The second-order valence-electron chi connectivity index (χ2n) is 6.73. The molecule has 0 aromatic heterocycles. The summed E-state index contributed by atoms with van der Waals surface area (Å²) in [6.07, 6.45) is 17.9. The number of hydrogen-bond donors (Lipinski definition) is 1. The topological polar surface area (TPSA) is 55.8 Å². The van der Waals surface area contributed by atoms with Gasteiger partial charge in [0.15, 0.2) is 0 Å². The lowest BCUT2D eigenvalue weighted by Gasteiger charge is -2.07. The molecule has 0 rings (SSSR count). The fourth-order valence-electron chi connectivity index (χ4n) is 2.67. The molecule has 0 aliphatic carbocycles. The lowest BCUT2D eigenvalue weighted by molar-refractivity contribution is -0.145. The van der Waals surface area contributed by atoms with E-state index in [1.54, 1.807) is 7.11 Å². The van der Waals surface area contributed by atoms with Crippen LogP contribution in [0.25, 0.3) is 0 Å². The molecule has 1 N–H and O–H groups in total. The molecule has 0 fully saturated rings. The van der Waals surface area contributed by atoms with Crippen LogP contribution in [0.15, 0.2) is 12.2 Å². The highest BCUT2D eigenvalue weighted by Crippen LogP contribution is 2.10. The number of aliphatic hydroxyl groups excluding tert-OH is 1. The van der Waals surface area contributed by atoms with Crippen LogP contribution in [0.3, 0.4) is 0 Å². The number of ether oxygens (including phenoxy) is 2. The first-order valence-corrected chi connectivity index (χ1v) is 10.2. The second-order valence-corrected chi connectivity index (χ2v) is 6.73. The van der Waals surface area contributed by atoms with Gasteiger partial charge < -0.3 is 14.6 Å². The van der Waals surface area contributed by atoms with Crippen molar-refractivity contribution in [2.75, 3.05) is 20.3 Å². The summed E-state index contributed by atoms with van der Waals surface area (Å²) in [5.41, 5.74) is 0. The van der Waals surface area contributed by atoms with Gasteiger partial charge in [0.1, 0.15) is 6.61 Å². The zero-order valence-electron chi connectivity index (χ0n) is 16.5. The van der Waals surface area contributed by atoms with Gasteiger partial charge in [0.05, 0.1) is 12.7 Å². The molecule has 0 bridgehead atoms. The van der Waals surface area contributed by atoms with E-state index in [1.165, 1.54) is 38.5 Å². The molecule has 0 radical (unpaired) electrons. The van der Waals surface area contributed by atoms with Gasteiger partial charge in [-0.3, -0.25) is 4.79 Å². The first kappa shape index (κ1) is 24.1. The Balaban J connectivity index is 3.30. The fraction of sp³-hybridized carbons (Fsp3) is 0.857. The van der Waals surface area contributed by atoms with Crippen molar-refractivity contribution in [3.63, 3.8) is 0 Å². The smallest absolute Gasteiger partial charge is 0.305 e. The van der Waals surface area contributed by atoms with E-state index in [1.807, 2.05) is 0 Å². The van der Waals surface area contributed by atoms with E-state index in [-0.39, 0.29) is 12.1 Å². The second kappa shape index (κ2) is 19.5. The normalized spacial score (nSPS) is 12.6. The minimum absolute atomic E-state index is 0.117. The van der Waals surface area contributed by atoms with Crippen molar-refractivity contribution in [3.8, 4) is 0 Å². The van der Waals surface area contributed by atoms with Gasteiger partial charge in [-0.15, -0.1) is 0 Å². The SMILES string of the molecule is CCCCCC[C@H](O)C/C=C\CCCCCCCC(=O)OCCOC. The molecule has 0 saturated heterocycles. The predicted octanol–water partition coefficient (Wildman–Crippen LogP) is 5.18. The van der Waals surface area contributed by atoms with Gasteiger partial charge in [-0.2, -0.15) is 0 Å². The van der Waals surface area contributed by atoms with Gasteiger partial charge >= 0.3 is 5.97 Å². The maximum atomic E-state index is 11.4. The number of aliphatic hydroxyl groups is 1. The van der Waals surface area contributed by atoms with Crippen LogP contribution in [0.2, 0.25) is 0 Å². The summed E-state index contributed by atoms with van der Waals surface area (Å²) in [7, 11) is 1.60. The van der Waals surface area contributed by atoms with E-state index >= 15 is 0 Å². The minimum atomic E-state index is -0.170. The van der Waals surface area contributed by atoms with Crippen LogP contribution in [-0.4, -0.2) is 37.5 Å². The average Bonchev–Trinajstić information content (AvgIpc) is 2.60. The maximum absolute atomic E-state index is 11.4. The molecule has 0 aliphatic rings. The Hall–Kier alpha value is -0.870. The summed E-state index contributed by atoms with van der Waals surface area (Å²) in [5.74, 6) is -0.117. The van der Waals surface area contributed by atoms with Crippen LogP contribution < -0.4 is 0 Å². The number of allylic oxidation sites excluding steroid dienone is 1. The van der Waals surface area contributed by atoms with E-state index in [0.29, 0.717) is 19.6 Å². The van der Waals surface area contributed by atoms with Gasteiger partial charge in [0.25, 0.3) is 0 Å². The molecule has 0 heterocycles. The molecule has 0 saturated carbocycles. The zero-order chi connectivity index (χ0) is 18.6. The summed E-state index contributed by atoms with van der Waals surface area (Å²) >= 11 is 0. The van der Waals surface area contributed by atoms with E-state index < -0.39 is 0 Å². The molecular weight excluding hydrogens is 316 g/mol. The molecule has 0 aliphatic heterocycles. The quantitative estimate of drug-likeness (QED) is 0.209. The van der Waals surface area contributed by atoms with E-state index in [2.05, 4.69) is 19.1 Å². The van der Waals surface area contributed by atoms with Crippen LogP contribution in [-0.2, 0) is 14.3 Å². The molecule has 148 valence electrons. The maximum Gasteiger partial charge on any atom is 0.305 e. The van der Waals surface area contributed by atoms with Crippen molar-refractivity contribution in [1.82, 2.24) is 0 Å². The highest BCUT2D eigenvalue weighted by Gasteiger charge is 2.02. The Morgan fingerprint density at radius 3 is 2.44 bits per heavy atom. The van der Waals surface area contributed by atoms with Crippen LogP contribution >= 0.6 is 0 Å². The van der Waals surface area contributed by atoms with Crippen molar-refractivity contribution in [1.29, 1.82) is 0 Å². The van der Waals surface area contributed by atoms with Crippen molar-refractivity contribution in [2.45, 2.75) is 96.5 Å². The third kappa shape index (κ3) is 19.3. The van der Waals surface area contributed by atoms with Gasteiger partial charge in [-0.25, -0.2) is 0 Å². The highest BCUT2D eigenvalue weighted by atomic mass is 16.6. The van der Waals surface area contributed by atoms with Gasteiger partial charge in [0, 0.05) is 13.5 Å². The number of carbonyl (C=O) groups is 1. The lowest BCUT2D eigenvalue weighted by atomic mass is 10.1. The van der Waals surface area contributed by atoms with Crippen molar-refractivity contribution in [3.05, 3.63) is 12.2 Å². The minimum Gasteiger partial charge on any atom is -0.463 e. The largest absolute Gasteiger partial charge is 0.463 e. The van der Waals surface area contributed by atoms with Crippen molar-refractivity contribution >= 4 is 5.97 Å². The number of hydrogen-bond acceptors (Lipinski definition) is 4. The third-order valence-electron chi connectivity index (χ3n) is 4.27. The summed E-state index contributed by atoms with van der Waals surface area (Å²) in [5, 5.41) is 9.87. The molecule has 0 aromatic rings. The molecule has 0 unspecified atom stereocenters. The zero-order valence-corrected chi connectivity index (χ0v) is 16.5. The Labute approximate surface area is 155 Å². The predicted molar refractivity (Wildman–Crippen MR) is 104 cm³/mol. The number of carbonyl (C=O) groups excluding carboxylic acids is 1. The summed E-state index contributed by atoms with van der Waals surface area (Å²) in [6, 6.07) is 0. The van der Waals surface area contributed by atoms with Gasteiger partial charge in [-0.05, 0) is 32.1 Å². The Morgan fingerprint density at radius 2 is 1.68 bits per heavy atom. The molecule has 1 atom stereocenters. The fourth-order valence-corrected chi connectivity index (χ4v) is 2.67. The molecule has 4 heteroatoms. The van der Waals surface area contributed by atoms with Crippen molar-refractivity contribution < 1.29 is 19.4 Å². The first-order chi connectivity index (χ1) is 12.2. The number of esters is 1. The number of rotatable bonds is 18. The van der Waals surface area contributed by atoms with E-state index in [0.717, 1.165) is 38.5 Å². The molecule has 0 spiro atoms. The Kier molecular flexibility index (Phi) is 18.8.